The number of fused-ring (bicyclic) bond motifs is 1. The molecule has 0 bridgehead atoms. The summed E-state index contributed by atoms with van der Waals surface area (Å²) in [4.78, 5) is 5.80. The Balaban J connectivity index is 1.79. The van der Waals surface area contributed by atoms with Crippen LogP contribution in [0.2, 0.25) is 0 Å². The average molecular weight is 304 g/mol. The van der Waals surface area contributed by atoms with Gasteiger partial charge in [0.2, 0.25) is 0 Å². The molecule has 1 aromatic heterocycles. The summed E-state index contributed by atoms with van der Waals surface area (Å²) in [6.45, 7) is 6.61. The molecular weight excluding hydrogens is 284 g/mol. The monoisotopic (exact) mass is 304 g/mol. The van der Waals surface area contributed by atoms with E-state index in [9.17, 15) is 0 Å². The fourth-order valence-corrected chi connectivity index (χ4v) is 3.20. The molecule has 0 spiro atoms. The van der Waals surface area contributed by atoms with E-state index in [1.807, 2.05) is 24.4 Å². The Morgan fingerprint density at radius 1 is 1.29 bits per heavy atom. The van der Waals surface area contributed by atoms with Gasteiger partial charge in [0.15, 0.2) is 11.5 Å². The lowest BCUT2D eigenvalue weighted by Gasteiger charge is -2.18. The zero-order valence-corrected chi connectivity index (χ0v) is 13.2. The largest absolute Gasteiger partial charge is 0.486 e. The van der Waals surface area contributed by atoms with E-state index in [2.05, 4.69) is 24.1 Å². The summed E-state index contributed by atoms with van der Waals surface area (Å²) < 4.78 is 11.2. The van der Waals surface area contributed by atoms with Gasteiger partial charge in [0.1, 0.15) is 18.2 Å². The minimum Gasteiger partial charge on any atom is -0.486 e. The number of nitrogens with one attached hydrogen (secondary N) is 1. The van der Waals surface area contributed by atoms with Crippen molar-refractivity contribution >= 4 is 11.3 Å². The van der Waals surface area contributed by atoms with Crippen molar-refractivity contribution in [3.8, 4) is 22.1 Å². The SMILES string of the molecule is CCCNC(C)c1cnc(-c2ccc3c(c2)OCCO3)s1. The van der Waals surface area contributed by atoms with Crippen LogP contribution in [0.3, 0.4) is 0 Å². The first-order chi connectivity index (χ1) is 10.3. The molecule has 1 aromatic carbocycles. The van der Waals surface area contributed by atoms with Gasteiger partial charge in [-0.05, 0) is 38.1 Å². The summed E-state index contributed by atoms with van der Waals surface area (Å²) in [5.41, 5.74) is 1.08. The van der Waals surface area contributed by atoms with Crippen LogP contribution in [0, 0.1) is 0 Å². The molecule has 0 fully saturated rings. The van der Waals surface area contributed by atoms with E-state index in [1.165, 1.54) is 4.88 Å². The van der Waals surface area contributed by atoms with Gasteiger partial charge >= 0.3 is 0 Å². The number of aromatic nitrogens is 1. The van der Waals surface area contributed by atoms with Gasteiger partial charge in [-0.3, -0.25) is 0 Å². The summed E-state index contributed by atoms with van der Waals surface area (Å²) >= 11 is 1.73. The molecule has 1 atom stereocenters. The van der Waals surface area contributed by atoms with Crippen molar-refractivity contribution in [3.63, 3.8) is 0 Å². The molecule has 0 saturated heterocycles. The van der Waals surface area contributed by atoms with E-state index >= 15 is 0 Å². The van der Waals surface area contributed by atoms with Crippen molar-refractivity contribution in [3.05, 3.63) is 29.3 Å². The molecule has 5 heteroatoms. The maximum absolute atomic E-state index is 5.63. The molecule has 2 heterocycles. The molecule has 4 nitrogen and oxygen atoms in total. The fraction of sp³-hybridized carbons (Fsp3) is 0.438. The third-order valence-electron chi connectivity index (χ3n) is 3.44. The van der Waals surface area contributed by atoms with Gasteiger partial charge in [-0.1, -0.05) is 6.92 Å². The molecule has 0 radical (unpaired) electrons. The Bertz CT molecular complexity index is 612. The molecule has 0 aliphatic carbocycles. The Hall–Kier alpha value is -1.59. The van der Waals surface area contributed by atoms with E-state index in [1.54, 1.807) is 11.3 Å². The number of rotatable bonds is 5. The smallest absolute Gasteiger partial charge is 0.162 e. The molecule has 1 aliphatic rings. The molecule has 3 rings (SSSR count). The van der Waals surface area contributed by atoms with Crippen molar-refractivity contribution < 1.29 is 9.47 Å². The van der Waals surface area contributed by atoms with Gasteiger partial charge in [-0.15, -0.1) is 11.3 Å². The van der Waals surface area contributed by atoms with Crippen LogP contribution in [0.15, 0.2) is 24.4 Å². The predicted molar refractivity (Wildman–Crippen MR) is 85.2 cm³/mol. The highest BCUT2D eigenvalue weighted by Gasteiger charge is 2.15. The first-order valence-electron chi connectivity index (χ1n) is 7.37. The van der Waals surface area contributed by atoms with E-state index in [0.29, 0.717) is 19.3 Å². The Labute approximate surface area is 129 Å². The van der Waals surface area contributed by atoms with Crippen molar-refractivity contribution in [2.75, 3.05) is 19.8 Å². The van der Waals surface area contributed by atoms with E-state index in [4.69, 9.17) is 9.47 Å². The van der Waals surface area contributed by atoms with E-state index in [-0.39, 0.29) is 0 Å². The molecule has 1 N–H and O–H groups in total. The lowest BCUT2D eigenvalue weighted by atomic mass is 10.2. The molecule has 112 valence electrons. The van der Waals surface area contributed by atoms with Crippen LogP contribution in [0.5, 0.6) is 11.5 Å². The van der Waals surface area contributed by atoms with Gasteiger partial charge in [-0.25, -0.2) is 4.98 Å². The number of benzene rings is 1. The first-order valence-corrected chi connectivity index (χ1v) is 8.18. The van der Waals surface area contributed by atoms with Gasteiger partial charge in [0.05, 0.1) is 0 Å². The number of nitrogens with zero attached hydrogens (tertiary/aromatic N) is 1. The topological polar surface area (TPSA) is 43.4 Å². The second kappa shape index (κ2) is 6.45. The van der Waals surface area contributed by atoms with Crippen LogP contribution in [0.1, 0.15) is 31.2 Å². The van der Waals surface area contributed by atoms with Crippen LogP contribution in [0.25, 0.3) is 10.6 Å². The average Bonchev–Trinajstić information content (AvgIpc) is 3.02. The van der Waals surface area contributed by atoms with Crippen molar-refractivity contribution in [2.45, 2.75) is 26.3 Å². The van der Waals surface area contributed by atoms with Crippen LogP contribution >= 0.6 is 11.3 Å². The number of thiazole rings is 1. The highest BCUT2D eigenvalue weighted by molar-refractivity contribution is 7.15. The van der Waals surface area contributed by atoms with E-state index < -0.39 is 0 Å². The fourth-order valence-electron chi connectivity index (χ4n) is 2.26. The molecule has 1 aliphatic heterocycles. The number of hydrogen-bond acceptors (Lipinski definition) is 5. The summed E-state index contributed by atoms with van der Waals surface area (Å²) in [5.74, 6) is 1.63. The van der Waals surface area contributed by atoms with Crippen LogP contribution in [-0.2, 0) is 0 Å². The highest BCUT2D eigenvalue weighted by atomic mass is 32.1. The summed E-state index contributed by atoms with van der Waals surface area (Å²) in [7, 11) is 0. The zero-order chi connectivity index (χ0) is 14.7. The third kappa shape index (κ3) is 3.19. The Kier molecular flexibility index (Phi) is 4.41. The Morgan fingerprint density at radius 2 is 2.10 bits per heavy atom. The Morgan fingerprint density at radius 3 is 2.90 bits per heavy atom. The molecule has 1 unspecified atom stereocenters. The van der Waals surface area contributed by atoms with Crippen LogP contribution in [-0.4, -0.2) is 24.7 Å². The van der Waals surface area contributed by atoms with Gasteiger partial charge < -0.3 is 14.8 Å². The predicted octanol–water partition coefficient (Wildman–Crippen LogP) is 3.64. The first kappa shape index (κ1) is 14.4. The maximum Gasteiger partial charge on any atom is 0.162 e. The van der Waals surface area contributed by atoms with Gasteiger partial charge in [0.25, 0.3) is 0 Å². The number of ether oxygens (including phenoxy) is 2. The lowest BCUT2D eigenvalue weighted by Crippen LogP contribution is -2.18. The second-order valence-corrected chi connectivity index (χ2v) is 6.16. The molecule has 2 aromatic rings. The van der Waals surface area contributed by atoms with Gasteiger partial charge in [0, 0.05) is 22.7 Å². The molecule has 0 amide bonds. The van der Waals surface area contributed by atoms with Crippen LogP contribution < -0.4 is 14.8 Å². The zero-order valence-electron chi connectivity index (χ0n) is 12.4. The van der Waals surface area contributed by atoms with Crippen LogP contribution in [0.4, 0.5) is 0 Å². The molecular formula is C16H20N2O2S. The summed E-state index contributed by atoms with van der Waals surface area (Å²) in [6.07, 6.45) is 3.10. The van der Waals surface area contributed by atoms with Crippen molar-refractivity contribution in [2.24, 2.45) is 0 Å². The standard InChI is InChI=1S/C16H20N2O2S/c1-3-6-17-11(2)15-10-18-16(21-15)12-4-5-13-14(9-12)20-8-7-19-13/h4-5,9-11,17H,3,6-8H2,1-2H3. The number of hydrogen-bond donors (Lipinski definition) is 1. The lowest BCUT2D eigenvalue weighted by molar-refractivity contribution is 0.171. The maximum atomic E-state index is 5.63. The van der Waals surface area contributed by atoms with E-state index in [0.717, 1.165) is 35.0 Å². The third-order valence-corrected chi connectivity index (χ3v) is 4.67. The molecule has 21 heavy (non-hydrogen) atoms. The normalized spacial score (nSPS) is 15.0. The summed E-state index contributed by atoms with van der Waals surface area (Å²) in [6, 6.07) is 6.36. The van der Waals surface area contributed by atoms with Gasteiger partial charge in [-0.2, -0.15) is 0 Å². The summed E-state index contributed by atoms with van der Waals surface area (Å²) in [5, 5.41) is 4.51. The van der Waals surface area contributed by atoms with Crippen molar-refractivity contribution in [1.82, 2.24) is 10.3 Å². The minimum absolute atomic E-state index is 0.341. The highest BCUT2D eigenvalue weighted by Crippen LogP contribution is 2.36. The minimum atomic E-state index is 0.341. The second-order valence-electron chi connectivity index (χ2n) is 5.10. The van der Waals surface area contributed by atoms with Crippen molar-refractivity contribution in [1.29, 1.82) is 0 Å². The molecule has 0 saturated carbocycles. The quantitative estimate of drug-likeness (QED) is 0.916.